The van der Waals surface area contributed by atoms with Crippen molar-refractivity contribution < 1.29 is 14.2 Å². The van der Waals surface area contributed by atoms with Gasteiger partial charge in [-0.15, -0.1) is 24.0 Å². The van der Waals surface area contributed by atoms with Crippen molar-refractivity contribution in [2.24, 2.45) is 4.99 Å². The highest BCUT2D eigenvalue weighted by Crippen LogP contribution is 1.95. The highest BCUT2D eigenvalue weighted by Gasteiger charge is 2.09. The first-order chi connectivity index (χ1) is 11.4. The Bertz CT molecular complexity index is 303. The van der Waals surface area contributed by atoms with E-state index in [0.29, 0.717) is 13.2 Å². The van der Waals surface area contributed by atoms with Gasteiger partial charge in [0.2, 0.25) is 0 Å². The minimum Gasteiger partial charge on any atom is -0.382 e. The molecule has 1 rings (SSSR count). The van der Waals surface area contributed by atoms with Gasteiger partial charge in [-0.3, -0.25) is 9.89 Å². The third-order valence-corrected chi connectivity index (χ3v) is 3.57. The van der Waals surface area contributed by atoms with Crippen LogP contribution < -0.4 is 10.6 Å². The van der Waals surface area contributed by atoms with Crippen molar-refractivity contribution in [3.63, 3.8) is 0 Å². The molecule has 1 fully saturated rings. The Balaban J connectivity index is 0.00000529. The van der Waals surface area contributed by atoms with Crippen molar-refractivity contribution in [3.05, 3.63) is 0 Å². The highest BCUT2D eigenvalue weighted by atomic mass is 127. The first-order valence-electron chi connectivity index (χ1n) is 8.75. The Labute approximate surface area is 163 Å². The average molecular weight is 458 g/mol. The molecule has 144 valence electrons. The van der Waals surface area contributed by atoms with Gasteiger partial charge in [0.05, 0.1) is 26.4 Å². The maximum absolute atomic E-state index is 5.44. The van der Waals surface area contributed by atoms with E-state index in [4.69, 9.17) is 14.2 Å². The Kier molecular flexibility index (Phi) is 17.5. The van der Waals surface area contributed by atoms with Crippen LogP contribution in [0.1, 0.15) is 19.8 Å². The molecule has 0 saturated carbocycles. The summed E-state index contributed by atoms with van der Waals surface area (Å²) in [6.07, 6.45) is 2.06. The number of morpholine rings is 1. The van der Waals surface area contributed by atoms with Crippen LogP contribution in [-0.4, -0.2) is 90.3 Å². The highest BCUT2D eigenvalue weighted by molar-refractivity contribution is 14.0. The molecule has 1 aliphatic rings. The quantitative estimate of drug-likeness (QED) is 0.196. The Morgan fingerprint density at radius 1 is 1.12 bits per heavy atom. The molecule has 0 amide bonds. The first kappa shape index (κ1) is 23.8. The van der Waals surface area contributed by atoms with E-state index in [0.717, 1.165) is 77.9 Å². The van der Waals surface area contributed by atoms with Gasteiger partial charge in [0.15, 0.2) is 5.96 Å². The molecule has 8 heteroatoms. The lowest BCUT2D eigenvalue weighted by Gasteiger charge is -2.26. The summed E-state index contributed by atoms with van der Waals surface area (Å²) in [7, 11) is 1.69. The fraction of sp³-hybridized carbons (Fsp3) is 0.938. The number of nitrogens with one attached hydrogen (secondary N) is 2. The second-order valence-corrected chi connectivity index (χ2v) is 5.45. The van der Waals surface area contributed by atoms with E-state index in [1.807, 2.05) is 0 Å². The maximum atomic E-state index is 5.44. The predicted molar refractivity (Wildman–Crippen MR) is 109 cm³/mol. The summed E-state index contributed by atoms with van der Waals surface area (Å²) in [6, 6.07) is 0. The number of guanidine groups is 1. The molecule has 24 heavy (non-hydrogen) atoms. The SMILES string of the molecule is CCNC(=NCCCCOCCOC)NCCN1CCOCC1.I. The number of unbranched alkanes of at least 4 members (excludes halogenated alkanes) is 1. The normalized spacial score (nSPS) is 15.8. The number of methoxy groups -OCH3 is 1. The summed E-state index contributed by atoms with van der Waals surface area (Å²) in [6.45, 7) is 11.6. The molecule has 1 heterocycles. The zero-order valence-corrected chi connectivity index (χ0v) is 17.6. The Hall–Kier alpha value is -0.160. The number of nitrogens with zero attached hydrogens (tertiary/aromatic N) is 2. The van der Waals surface area contributed by atoms with Gasteiger partial charge in [-0.2, -0.15) is 0 Å². The molecule has 0 unspecified atom stereocenters. The molecule has 0 aliphatic carbocycles. The van der Waals surface area contributed by atoms with Crippen LogP contribution in [0.4, 0.5) is 0 Å². The van der Waals surface area contributed by atoms with Gasteiger partial charge >= 0.3 is 0 Å². The zero-order chi connectivity index (χ0) is 16.6. The molecular formula is C16H35IN4O3. The second kappa shape index (κ2) is 17.7. The lowest BCUT2D eigenvalue weighted by molar-refractivity contribution is 0.0389. The molecular weight excluding hydrogens is 423 g/mol. The maximum Gasteiger partial charge on any atom is 0.191 e. The zero-order valence-electron chi connectivity index (χ0n) is 15.2. The van der Waals surface area contributed by atoms with Crippen molar-refractivity contribution in [3.8, 4) is 0 Å². The summed E-state index contributed by atoms with van der Waals surface area (Å²) in [5, 5.41) is 6.68. The fourth-order valence-corrected chi connectivity index (χ4v) is 2.25. The van der Waals surface area contributed by atoms with Crippen LogP contribution in [0.3, 0.4) is 0 Å². The number of ether oxygens (including phenoxy) is 3. The number of aliphatic imine (C=N–C) groups is 1. The third kappa shape index (κ3) is 13.2. The molecule has 7 nitrogen and oxygen atoms in total. The van der Waals surface area contributed by atoms with Crippen LogP contribution in [0.5, 0.6) is 0 Å². The standard InChI is InChI=1S/C16H34N4O3.HI/c1-3-17-16(18-6-4-5-11-22-15-14-21-2)19-7-8-20-9-12-23-13-10-20;/h3-15H2,1-2H3,(H2,17,18,19);1H. The third-order valence-electron chi connectivity index (χ3n) is 3.57. The predicted octanol–water partition coefficient (Wildman–Crippen LogP) is 0.935. The summed E-state index contributed by atoms with van der Waals surface area (Å²) in [5.41, 5.74) is 0. The molecule has 0 aromatic carbocycles. The van der Waals surface area contributed by atoms with Crippen LogP contribution in [0.2, 0.25) is 0 Å². The van der Waals surface area contributed by atoms with Gasteiger partial charge in [0.25, 0.3) is 0 Å². The van der Waals surface area contributed by atoms with Crippen molar-refractivity contribution in [1.29, 1.82) is 0 Å². The minimum absolute atomic E-state index is 0. The molecule has 1 aliphatic heterocycles. The summed E-state index contributed by atoms with van der Waals surface area (Å²) >= 11 is 0. The number of rotatable bonds is 12. The molecule has 1 saturated heterocycles. The number of hydrogen-bond acceptors (Lipinski definition) is 5. The topological polar surface area (TPSA) is 67.4 Å². The van der Waals surface area contributed by atoms with Crippen LogP contribution >= 0.6 is 24.0 Å². The minimum atomic E-state index is 0. The van der Waals surface area contributed by atoms with Gasteiger partial charge < -0.3 is 24.8 Å². The van der Waals surface area contributed by atoms with Crippen molar-refractivity contribution in [1.82, 2.24) is 15.5 Å². The molecule has 0 atom stereocenters. The van der Waals surface area contributed by atoms with Gasteiger partial charge in [0, 0.05) is 53.0 Å². The van der Waals surface area contributed by atoms with Crippen molar-refractivity contribution in [2.75, 3.05) is 79.4 Å². The van der Waals surface area contributed by atoms with E-state index in [2.05, 4.69) is 27.4 Å². The Morgan fingerprint density at radius 3 is 2.62 bits per heavy atom. The summed E-state index contributed by atoms with van der Waals surface area (Å²) in [4.78, 5) is 7.02. The van der Waals surface area contributed by atoms with E-state index in [9.17, 15) is 0 Å². The molecule has 0 bridgehead atoms. The monoisotopic (exact) mass is 458 g/mol. The van der Waals surface area contributed by atoms with Crippen molar-refractivity contribution in [2.45, 2.75) is 19.8 Å². The first-order valence-corrected chi connectivity index (χ1v) is 8.75. The summed E-state index contributed by atoms with van der Waals surface area (Å²) < 4.78 is 15.7. The fourth-order valence-electron chi connectivity index (χ4n) is 2.25. The van der Waals surface area contributed by atoms with Gasteiger partial charge in [-0.05, 0) is 19.8 Å². The largest absolute Gasteiger partial charge is 0.382 e. The van der Waals surface area contributed by atoms with Crippen LogP contribution in [0, 0.1) is 0 Å². The smallest absolute Gasteiger partial charge is 0.191 e. The van der Waals surface area contributed by atoms with Crippen molar-refractivity contribution >= 4 is 29.9 Å². The van der Waals surface area contributed by atoms with Crippen LogP contribution in [0.25, 0.3) is 0 Å². The van der Waals surface area contributed by atoms with E-state index in [1.54, 1.807) is 7.11 Å². The molecule has 0 radical (unpaired) electrons. The van der Waals surface area contributed by atoms with Gasteiger partial charge in [-0.1, -0.05) is 0 Å². The summed E-state index contributed by atoms with van der Waals surface area (Å²) in [5.74, 6) is 0.904. The average Bonchev–Trinajstić information content (AvgIpc) is 2.58. The molecule has 0 spiro atoms. The van der Waals surface area contributed by atoms with Crippen LogP contribution in [0.15, 0.2) is 4.99 Å². The molecule has 0 aromatic heterocycles. The lowest BCUT2D eigenvalue weighted by atomic mass is 10.3. The molecule has 2 N–H and O–H groups in total. The van der Waals surface area contributed by atoms with E-state index in [1.165, 1.54) is 0 Å². The van der Waals surface area contributed by atoms with Gasteiger partial charge in [-0.25, -0.2) is 0 Å². The van der Waals surface area contributed by atoms with E-state index in [-0.39, 0.29) is 24.0 Å². The van der Waals surface area contributed by atoms with E-state index < -0.39 is 0 Å². The van der Waals surface area contributed by atoms with E-state index >= 15 is 0 Å². The Morgan fingerprint density at radius 2 is 1.92 bits per heavy atom. The number of hydrogen-bond donors (Lipinski definition) is 2. The van der Waals surface area contributed by atoms with Crippen LogP contribution in [-0.2, 0) is 14.2 Å². The lowest BCUT2D eigenvalue weighted by Crippen LogP contribution is -2.44. The van der Waals surface area contributed by atoms with Gasteiger partial charge in [0.1, 0.15) is 0 Å². The molecule has 0 aromatic rings. The second-order valence-electron chi connectivity index (χ2n) is 5.45. The number of halogens is 1.